The van der Waals surface area contributed by atoms with Crippen LogP contribution in [0.3, 0.4) is 0 Å². The number of aliphatic hydroxyl groups is 1. The Bertz CT molecular complexity index is 532. The lowest BCUT2D eigenvalue weighted by molar-refractivity contribution is 0.0127. The Hall–Kier alpha value is -1.07. The van der Waals surface area contributed by atoms with Gasteiger partial charge in [-0.3, -0.25) is 9.69 Å². The number of aryl methyl sites for hydroxylation is 1. The highest BCUT2D eigenvalue weighted by Crippen LogP contribution is 2.34. The standard InChI is InChI=1S/C14H16BrNO3/c1-8-5-13-9(6-10(8)15)14(18)16(7-19-13)11-3-2-4-12(11)17/h5-6,11-12,17H,2-4,7H2,1H3/t11-,12-/m0/s1. The molecule has 1 aromatic carbocycles. The Labute approximate surface area is 120 Å². The van der Waals surface area contributed by atoms with Gasteiger partial charge in [-0.05, 0) is 43.9 Å². The molecule has 1 N–H and O–H groups in total. The molecule has 1 saturated carbocycles. The molecular weight excluding hydrogens is 310 g/mol. The summed E-state index contributed by atoms with van der Waals surface area (Å²) in [4.78, 5) is 14.2. The van der Waals surface area contributed by atoms with E-state index in [1.165, 1.54) is 0 Å². The van der Waals surface area contributed by atoms with Gasteiger partial charge in [0.05, 0.1) is 17.7 Å². The minimum Gasteiger partial charge on any atom is -0.472 e. The normalized spacial score (nSPS) is 26.3. The molecule has 1 aliphatic carbocycles. The molecule has 2 aliphatic rings. The molecule has 5 heteroatoms. The molecule has 0 radical (unpaired) electrons. The van der Waals surface area contributed by atoms with Crippen molar-refractivity contribution in [1.82, 2.24) is 4.90 Å². The molecule has 0 unspecified atom stereocenters. The van der Waals surface area contributed by atoms with Gasteiger partial charge in [0.15, 0.2) is 6.73 Å². The predicted molar refractivity (Wildman–Crippen MR) is 74.2 cm³/mol. The first-order valence-electron chi connectivity index (χ1n) is 6.50. The van der Waals surface area contributed by atoms with Crippen LogP contribution in [0.15, 0.2) is 16.6 Å². The Morgan fingerprint density at radius 1 is 1.42 bits per heavy atom. The number of fused-ring (bicyclic) bond motifs is 1. The van der Waals surface area contributed by atoms with E-state index < -0.39 is 6.10 Å². The van der Waals surface area contributed by atoms with Crippen molar-refractivity contribution in [3.05, 3.63) is 27.7 Å². The van der Waals surface area contributed by atoms with Crippen LogP contribution >= 0.6 is 15.9 Å². The molecule has 2 atom stereocenters. The van der Waals surface area contributed by atoms with Crippen molar-refractivity contribution in [1.29, 1.82) is 0 Å². The number of carbonyl (C=O) groups is 1. The van der Waals surface area contributed by atoms with Gasteiger partial charge in [-0.2, -0.15) is 0 Å². The van der Waals surface area contributed by atoms with Crippen LogP contribution in [0.1, 0.15) is 35.2 Å². The van der Waals surface area contributed by atoms with Crippen molar-refractivity contribution < 1.29 is 14.6 Å². The fourth-order valence-corrected chi connectivity index (χ4v) is 3.17. The fraction of sp³-hybridized carbons (Fsp3) is 0.500. The maximum absolute atomic E-state index is 12.5. The average Bonchev–Trinajstić information content (AvgIpc) is 2.79. The summed E-state index contributed by atoms with van der Waals surface area (Å²) in [5.41, 5.74) is 1.61. The molecule has 1 amide bonds. The van der Waals surface area contributed by atoms with Crippen molar-refractivity contribution in [2.24, 2.45) is 0 Å². The van der Waals surface area contributed by atoms with E-state index in [1.54, 1.807) is 11.0 Å². The zero-order valence-corrected chi connectivity index (χ0v) is 12.3. The third-order valence-corrected chi connectivity index (χ3v) is 4.81. The number of benzene rings is 1. The van der Waals surface area contributed by atoms with Crippen LogP contribution in [0.5, 0.6) is 5.75 Å². The maximum atomic E-state index is 12.5. The first kappa shape index (κ1) is 12.9. The summed E-state index contributed by atoms with van der Waals surface area (Å²) in [7, 11) is 0. The molecule has 1 aromatic rings. The number of carbonyl (C=O) groups excluding carboxylic acids is 1. The van der Waals surface area contributed by atoms with Gasteiger partial charge in [0.2, 0.25) is 0 Å². The van der Waals surface area contributed by atoms with E-state index >= 15 is 0 Å². The number of nitrogens with zero attached hydrogens (tertiary/aromatic N) is 1. The van der Waals surface area contributed by atoms with Gasteiger partial charge in [0.25, 0.3) is 5.91 Å². The van der Waals surface area contributed by atoms with Crippen LogP contribution < -0.4 is 4.74 Å². The van der Waals surface area contributed by atoms with E-state index in [0.717, 1.165) is 29.3 Å². The second-order valence-electron chi connectivity index (χ2n) is 5.21. The van der Waals surface area contributed by atoms with Crippen molar-refractivity contribution in [2.75, 3.05) is 6.73 Å². The van der Waals surface area contributed by atoms with E-state index in [4.69, 9.17) is 4.74 Å². The van der Waals surface area contributed by atoms with E-state index in [1.807, 2.05) is 13.0 Å². The van der Waals surface area contributed by atoms with Gasteiger partial charge >= 0.3 is 0 Å². The van der Waals surface area contributed by atoms with Crippen molar-refractivity contribution >= 4 is 21.8 Å². The molecule has 1 fully saturated rings. The van der Waals surface area contributed by atoms with Gasteiger partial charge in [0.1, 0.15) is 5.75 Å². The number of rotatable bonds is 1. The highest BCUT2D eigenvalue weighted by Gasteiger charge is 2.37. The number of aliphatic hydroxyl groups excluding tert-OH is 1. The van der Waals surface area contributed by atoms with Crippen LogP contribution in [-0.4, -0.2) is 34.8 Å². The zero-order chi connectivity index (χ0) is 13.6. The lowest BCUT2D eigenvalue weighted by Gasteiger charge is -2.35. The quantitative estimate of drug-likeness (QED) is 0.862. The minimum atomic E-state index is -0.428. The van der Waals surface area contributed by atoms with Crippen molar-refractivity contribution in [3.8, 4) is 5.75 Å². The largest absolute Gasteiger partial charge is 0.472 e. The molecule has 0 bridgehead atoms. The van der Waals surface area contributed by atoms with E-state index in [0.29, 0.717) is 11.3 Å². The molecule has 0 spiro atoms. The highest BCUT2D eigenvalue weighted by molar-refractivity contribution is 9.10. The molecule has 1 aliphatic heterocycles. The minimum absolute atomic E-state index is 0.0482. The van der Waals surface area contributed by atoms with Crippen LogP contribution in [-0.2, 0) is 0 Å². The van der Waals surface area contributed by atoms with E-state index in [2.05, 4.69) is 15.9 Å². The van der Waals surface area contributed by atoms with Gasteiger partial charge in [-0.15, -0.1) is 0 Å². The molecule has 0 aromatic heterocycles. The highest BCUT2D eigenvalue weighted by atomic mass is 79.9. The number of ether oxygens (including phenoxy) is 1. The summed E-state index contributed by atoms with van der Waals surface area (Å²) >= 11 is 3.44. The molecule has 1 heterocycles. The van der Waals surface area contributed by atoms with E-state index in [9.17, 15) is 9.90 Å². The van der Waals surface area contributed by atoms with Crippen LogP contribution in [0.4, 0.5) is 0 Å². The molecule has 0 saturated heterocycles. The Morgan fingerprint density at radius 3 is 2.89 bits per heavy atom. The summed E-state index contributed by atoms with van der Waals surface area (Å²) < 4.78 is 6.58. The summed E-state index contributed by atoms with van der Waals surface area (Å²) in [5, 5.41) is 9.95. The van der Waals surface area contributed by atoms with Crippen molar-refractivity contribution in [2.45, 2.75) is 38.3 Å². The van der Waals surface area contributed by atoms with Gasteiger partial charge in [-0.1, -0.05) is 15.9 Å². The first-order chi connectivity index (χ1) is 9.08. The van der Waals surface area contributed by atoms with Crippen LogP contribution in [0, 0.1) is 6.92 Å². The second kappa shape index (κ2) is 4.80. The Balaban J connectivity index is 1.93. The first-order valence-corrected chi connectivity index (χ1v) is 7.29. The summed E-state index contributed by atoms with van der Waals surface area (Å²) in [6.45, 7) is 2.19. The average molecular weight is 326 g/mol. The lowest BCUT2D eigenvalue weighted by Crippen LogP contribution is -2.48. The fourth-order valence-electron chi connectivity index (χ4n) is 2.82. The molecular formula is C14H16BrNO3. The summed E-state index contributed by atoms with van der Waals surface area (Å²) in [5.74, 6) is 0.585. The smallest absolute Gasteiger partial charge is 0.260 e. The van der Waals surface area contributed by atoms with E-state index in [-0.39, 0.29) is 18.7 Å². The van der Waals surface area contributed by atoms with Crippen molar-refractivity contribution in [3.63, 3.8) is 0 Å². The van der Waals surface area contributed by atoms with Crippen LogP contribution in [0.25, 0.3) is 0 Å². The maximum Gasteiger partial charge on any atom is 0.260 e. The zero-order valence-electron chi connectivity index (χ0n) is 10.7. The third kappa shape index (κ3) is 2.15. The van der Waals surface area contributed by atoms with Crippen LogP contribution in [0.2, 0.25) is 0 Å². The number of amides is 1. The second-order valence-corrected chi connectivity index (χ2v) is 6.07. The monoisotopic (exact) mass is 325 g/mol. The predicted octanol–water partition coefficient (Wildman–Crippen LogP) is 2.46. The van der Waals surface area contributed by atoms with Gasteiger partial charge in [0, 0.05) is 4.47 Å². The molecule has 3 rings (SSSR count). The molecule has 4 nitrogen and oxygen atoms in total. The van der Waals surface area contributed by atoms with Gasteiger partial charge < -0.3 is 9.84 Å². The third-order valence-electron chi connectivity index (χ3n) is 3.96. The summed E-state index contributed by atoms with van der Waals surface area (Å²) in [6, 6.07) is 3.57. The lowest BCUT2D eigenvalue weighted by atomic mass is 10.1. The SMILES string of the molecule is Cc1cc2c(cc1Br)C(=O)N([C@H]1CCC[C@@H]1O)CO2. The Morgan fingerprint density at radius 2 is 2.21 bits per heavy atom. The molecule has 102 valence electrons. The number of hydrogen-bond acceptors (Lipinski definition) is 3. The van der Waals surface area contributed by atoms with Gasteiger partial charge in [-0.25, -0.2) is 0 Å². The number of halogens is 1. The molecule has 19 heavy (non-hydrogen) atoms. The topological polar surface area (TPSA) is 49.8 Å². The summed E-state index contributed by atoms with van der Waals surface area (Å²) in [6.07, 6.45) is 2.14. The number of hydrogen-bond donors (Lipinski definition) is 1. The Kier molecular flexibility index (Phi) is 3.27.